The molecule has 0 aliphatic heterocycles. The van der Waals surface area contributed by atoms with Crippen molar-refractivity contribution >= 4 is 37.4 Å². The van der Waals surface area contributed by atoms with Crippen molar-refractivity contribution in [1.29, 1.82) is 5.41 Å². The number of fused-ring (bicyclic) bond motifs is 1. The lowest BCUT2D eigenvalue weighted by molar-refractivity contribution is -0.139. The van der Waals surface area contributed by atoms with Gasteiger partial charge in [0.2, 0.25) is 15.8 Å². The summed E-state index contributed by atoms with van der Waals surface area (Å²) in [5.74, 6) is 0.948. The van der Waals surface area contributed by atoms with Gasteiger partial charge in [-0.1, -0.05) is 54.6 Å². The molecule has 0 spiro atoms. The molecule has 0 amide bonds. The first-order valence-electron chi connectivity index (χ1n) is 17.4. The smallest absolute Gasteiger partial charge is 0.417 e. The van der Waals surface area contributed by atoms with Crippen LogP contribution < -0.4 is 19.9 Å². The highest BCUT2D eigenvalue weighted by atomic mass is 32.2. The molecular weight excluding hydrogens is 794 g/mol. The number of aromatic nitrogens is 5. The van der Waals surface area contributed by atoms with Crippen LogP contribution in [0.25, 0.3) is 32.7 Å². The summed E-state index contributed by atoms with van der Waals surface area (Å²) in [6.07, 6.45) is -5.16. The van der Waals surface area contributed by atoms with E-state index >= 15 is 21.6 Å². The number of ether oxygens (including phenoxy) is 3. The van der Waals surface area contributed by atoms with Gasteiger partial charge in [-0.3, -0.25) is 5.41 Å². The van der Waals surface area contributed by atoms with Crippen LogP contribution in [0, 0.1) is 5.41 Å². The second-order valence-electron chi connectivity index (χ2n) is 12.9. The molecule has 2 aromatic heterocycles. The maximum atomic E-state index is 15.4. The maximum Gasteiger partial charge on any atom is 0.417 e. The second kappa shape index (κ2) is 16.2. The Morgan fingerprint density at radius 3 is 1.86 bits per heavy atom. The van der Waals surface area contributed by atoms with Gasteiger partial charge in [0.25, 0.3) is 0 Å². The number of tetrazole rings is 1. The highest BCUT2D eigenvalue weighted by molar-refractivity contribution is 7.89. The van der Waals surface area contributed by atoms with Gasteiger partial charge >= 0.3 is 6.18 Å². The summed E-state index contributed by atoms with van der Waals surface area (Å²) in [5, 5.41) is 21.0. The number of nitrogens with one attached hydrogen (secondary N) is 1. The van der Waals surface area contributed by atoms with Crippen LogP contribution in [-0.2, 0) is 35.8 Å². The molecule has 7 rings (SSSR count). The Kier molecular flexibility index (Phi) is 11.2. The molecule has 3 N–H and O–H groups in total. The van der Waals surface area contributed by atoms with Crippen molar-refractivity contribution in [3.63, 3.8) is 0 Å². The van der Waals surface area contributed by atoms with Gasteiger partial charge in [-0.25, -0.2) is 13.4 Å². The number of halogens is 3. The van der Waals surface area contributed by atoms with E-state index in [4.69, 9.17) is 25.4 Å². The third kappa shape index (κ3) is 8.20. The molecular formula is C40H35F3N8O5S2. The largest absolute Gasteiger partial charge is 0.497 e. The van der Waals surface area contributed by atoms with Crippen molar-refractivity contribution in [1.82, 2.24) is 29.5 Å². The summed E-state index contributed by atoms with van der Waals surface area (Å²) in [6.45, 7) is -0.584. The SMILES string of the molecule is COc1ccc(CN(Cc2ccc(OC)cc2)S(=O)(=O)c2c(C(F)(F)F)ccc(-c3cccc4sc(C(=N)N)nc34)c2-c2nnn(Cc3ccc(OC)cc3)n2)cc1. The van der Waals surface area contributed by atoms with E-state index in [1.165, 1.54) is 32.2 Å². The Hall–Kier alpha value is -6.37. The number of hydrogen-bond acceptors (Lipinski definition) is 11. The number of nitrogen functional groups attached to an aromatic ring is 1. The van der Waals surface area contributed by atoms with E-state index in [1.54, 1.807) is 91.0 Å². The molecule has 0 radical (unpaired) electrons. The highest BCUT2D eigenvalue weighted by Gasteiger charge is 2.43. The van der Waals surface area contributed by atoms with E-state index in [-0.39, 0.29) is 47.4 Å². The number of sulfonamides is 1. The fourth-order valence-corrected chi connectivity index (χ4v) is 9.00. The molecule has 13 nitrogen and oxygen atoms in total. The standard InChI is InChI=1S/C40H35F3N8O5S2/c1-54-27-13-7-24(8-14-27)21-50(22-25-9-15-28(55-2)16-10-25)58(52,53)36-32(40(41,42)43)20-19-30(31-5-4-6-33-35(31)46-39(57-33)37(44)45)34(36)38-47-49-51(48-38)23-26-11-17-29(56-3)18-12-26/h4-20H,21-23H2,1-3H3,(H3,44,45). The number of benzene rings is 5. The van der Waals surface area contributed by atoms with E-state index in [2.05, 4.69) is 20.4 Å². The van der Waals surface area contributed by atoms with Crippen molar-refractivity contribution in [3.8, 4) is 39.8 Å². The van der Waals surface area contributed by atoms with Crippen molar-refractivity contribution < 1.29 is 35.8 Å². The molecule has 0 aliphatic rings. The molecule has 2 heterocycles. The van der Waals surface area contributed by atoms with Crippen LogP contribution in [0.3, 0.4) is 0 Å². The Bertz CT molecular complexity index is 2650. The number of amidine groups is 1. The normalized spacial score (nSPS) is 11.9. The van der Waals surface area contributed by atoms with Crippen molar-refractivity contribution in [2.24, 2.45) is 5.73 Å². The zero-order valence-corrected chi connectivity index (χ0v) is 32.8. The second-order valence-corrected chi connectivity index (χ2v) is 15.8. The van der Waals surface area contributed by atoms with Crippen LogP contribution in [0.2, 0.25) is 0 Å². The zero-order chi connectivity index (χ0) is 41.2. The number of nitrogens with two attached hydrogens (primary N) is 1. The monoisotopic (exact) mass is 828 g/mol. The van der Waals surface area contributed by atoms with Gasteiger partial charge in [0.05, 0.1) is 49.2 Å². The molecule has 0 fully saturated rings. The van der Waals surface area contributed by atoms with Gasteiger partial charge < -0.3 is 19.9 Å². The quantitative estimate of drug-likeness (QED) is 0.0833. The van der Waals surface area contributed by atoms with Crippen molar-refractivity contribution in [3.05, 3.63) is 130 Å². The molecule has 0 atom stereocenters. The van der Waals surface area contributed by atoms with Crippen LogP contribution in [0.15, 0.2) is 108 Å². The zero-order valence-electron chi connectivity index (χ0n) is 31.2. The van der Waals surface area contributed by atoms with Crippen LogP contribution >= 0.6 is 11.3 Å². The van der Waals surface area contributed by atoms with Crippen LogP contribution in [-0.4, -0.2) is 65.1 Å². The third-order valence-electron chi connectivity index (χ3n) is 9.20. The molecule has 5 aromatic carbocycles. The third-order valence-corrected chi connectivity index (χ3v) is 12.1. The predicted molar refractivity (Wildman–Crippen MR) is 212 cm³/mol. The molecule has 58 heavy (non-hydrogen) atoms. The van der Waals surface area contributed by atoms with E-state index in [0.29, 0.717) is 38.6 Å². The number of alkyl halides is 3. The Morgan fingerprint density at radius 1 is 0.793 bits per heavy atom. The predicted octanol–water partition coefficient (Wildman–Crippen LogP) is 7.38. The van der Waals surface area contributed by atoms with Gasteiger partial charge in [-0.2, -0.15) is 22.3 Å². The number of hydrogen-bond donors (Lipinski definition) is 2. The van der Waals surface area contributed by atoms with E-state index in [1.807, 2.05) is 0 Å². The number of para-hydroxylation sites is 1. The first kappa shape index (κ1) is 39.8. The van der Waals surface area contributed by atoms with E-state index in [9.17, 15) is 0 Å². The summed E-state index contributed by atoms with van der Waals surface area (Å²) in [4.78, 5) is 4.63. The summed E-state index contributed by atoms with van der Waals surface area (Å²) in [6, 6.07) is 27.0. The number of methoxy groups -OCH3 is 3. The molecule has 0 saturated carbocycles. The number of thiazole rings is 1. The van der Waals surface area contributed by atoms with E-state index < -0.39 is 32.2 Å². The summed E-state index contributed by atoms with van der Waals surface area (Å²) < 4.78 is 94.2. The lowest BCUT2D eigenvalue weighted by Gasteiger charge is -2.27. The van der Waals surface area contributed by atoms with Gasteiger partial charge in [0.1, 0.15) is 22.1 Å². The lowest BCUT2D eigenvalue weighted by Crippen LogP contribution is -2.32. The van der Waals surface area contributed by atoms with Gasteiger partial charge in [-0.05, 0) is 76.0 Å². The summed E-state index contributed by atoms with van der Waals surface area (Å²) in [5.41, 5.74) is 6.20. The first-order valence-corrected chi connectivity index (χ1v) is 19.7. The van der Waals surface area contributed by atoms with Gasteiger partial charge in [0.15, 0.2) is 10.8 Å². The Labute approximate surface area is 335 Å². The average Bonchev–Trinajstić information content (AvgIpc) is 3.88. The van der Waals surface area contributed by atoms with Gasteiger partial charge in [-0.15, -0.1) is 21.5 Å². The minimum Gasteiger partial charge on any atom is -0.497 e. The molecule has 0 unspecified atom stereocenters. The van der Waals surface area contributed by atoms with Crippen LogP contribution in [0.1, 0.15) is 27.3 Å². The van der Waals surface area contributed by atoms with E-state index in [0.717, 1.165) is 27.3 Å². The summed E-state index contributed by atoms with van der Waals surface area (Å²) in [7, 11) is -0.628. The minimum absolute atomic E-state index is 0.0374. The number of nitrogens with zero attached hydrogens (tertiary/aromatic N) is 6. The average molecular weight is 829 g/mol. The number of rotatable bonds is 14. The fourth-order valence-electron chi connectivity index (χ4n) is 6.33. The minimum atomic E-state index is -5.16. The fraction of sp³-hybridized carbons (Fsp3) is 0.175. The lowest BCUT2D eigenvalue weighted by atomic mass is 9.95. The molecule has 18 heteroatoms. The summed E-state index contributed by atoms with van der Waals surface area (Å²) >= 11 is 1.11. The topological polar surface area (TPSA) is 171 Å². The Balaban J connectivity index is 1.48. The molecule has 0 saturated heterocycles. The van der Waals surface area contributed by atoms with Crippen molar-refractivity contribution in [2.75, 3.05) is 21.3 Å². The Morgan fingerprint density at radius 2 is 1.34 bits per heavy atom. The molecule has 0 bridgehead atoms. The molecule has 298 valence electrons. The molecule has 7 aromatic rings. The molecule has 0 aliphatic carbocycles. The highest BCUT2D eigenvalue weighted by Crippen LogP contribution is 2.46. The first-order chi connectivity index (χ1) is 27.8. The van der Waals surface area contributed by atoms with Gasteiger partial charge in [0, 0.05) is 18.7 Å². The van der Waals surface area contributed by atoms with Crippen molar-refractivity contribution in [2.45, 2.75) is 30.7 Å². The maximum absolute atomic E-state index is 15.4. The van der Waals surface area contributed by atoms with Crippen LogP contribution in [0.4, 0.5) is 13.2 Å². The van der Waals surface area contributed by atoms with Crippen LogP contribution in [0.5, 0.6) is 17.2 Å².